The van der Waals surface area contributed by atoms with Gasteiger partial charge in [-0.25, -0.2) is 0 Å². The van der Waals surface area contributed by atoms with Crippen LogP contribution in [0.3, 0.4) is 0 Å². The lowest BCUT2D eigenvalue weighted by molar-refractivity contribution is -0.115. The van der Waals surface area contributed by atoms with E-state index in [9.17, 15) is 9.59 Å². The maximum atomic E-state index is 12.0. The van der Waals surface area contributed by atoms with Crippen LogP contribution in [-0.4, -0.2) is 30.9 Å². The Morgan fingerprint density at radius 1 is 1.20 bits per heavy atom. The predicted molar refractivity (Wildman–Crippen MR) is 102 cm³/mol. The van der Waals surface area contributed by atoms with Gasteiger partial charge in [-0.2, -0.15) is 0 Å². The number of allylic oxidation sites excluding steroid dienone is 1. The van der Waals surface area contributed by atoms with E-state index < -0.39 is 0 Å². The third kappa shape index (κ3) is 7.10. The fourth-order valence-corrected chi connectivity index (χ4v) is 2.87. The second-order valence-electron chi connectivity index (χ2n) is 6.79. The van der Waals surface area contributed by atoms with E-state index in [0.29, 0.717) is 11.3 Å². The second kappa shape index (κ2) is 9.99. The lowest BCUT2D eigenvalue weighted by Gasteiger charge is -2.13. The fourth-order valence-electron chi connectivity index (χ4n) is 2.87. The highest BCUT2D eigenvalue weighted by atomic mass is 16.2. The van der Waals surface area contributed by atoms with Crippen LogP contribution in [0.25, 0.3) is 0 Å². The van der Waals surface area contributed by atoms with Gasteiger partial charge in [0, 0.05) is 17.3 Å². The van der Waals surface area contributed by atoms with Crippen LogP contribution >= 0.6 is 0 Å². The van der Waals surface area contributed by atoms with E-state index in [1.54, 1.807) is 24.3 Å². The van der Waals surface area contributed by atoms with Gasteiger partial charge in [0.15, 0.2) is 0 Å². The Bertz CT molecular complexity index is 623. The van der Waals surface area contributed by atoms with Crippen molar-refractivity contribution in [2.75, 3.05) is 18.4 Å². The molecule has 136 valence electrons. The number of hydrogen-bond acceptors (Lipinski definition) is 3. The molecule has 3 N–H and O–H groups in total. The number of carbonyl (C=O) groups excluding carboxylic acids is 2. The van der Waals surface area contributed by atoms with E-state index in [4.69, 9.17) is 0 Å². The first-order valence-corrected chi connectivity index (χ1v) is 9.14. The molecule has 0 aromatic heterocycles. The number of anilines is 1. The molecule has 0 spiro atoms. The quantitative estimate of drug-likeness (QED) is 0.501. The minimum Gasteiger partial charge on any atom is -0.350 e. The molecule has 0 heterocycles. The molecule has 1 aliphatic rings. The molecule has 25 heavy (non-hydrogen) atoms. The van der Waals surface area contributed by atoms with Gasteiger partial charge in [-0.1, -0.05) is 17.7 Å². The third-order valence-electron chi connectivity index (χ3n) is 4.12. The highest BCUT2D eigenvalue weighted by molar-refractivity contribution is 5.97. The van der Waals surface area contributed by atoms with Crippen LogP contribution in [0.2, 0.25) is 0 Å². The molecule has 5 heteroatoms. The summed E-state index contributed by atoms with van der Waals surface area (Å²) in [5.41, 5.74) is 2.69. The molecular weight excluding hydrogens is 314 g/mol. The summed E-state index contributed by atoms with van der Waals surface area (Å²) in [4.78, 5) is 24.0. The van der Waals surface area contributed by atoms with E-state index >= 15 is 0 Å². The van der Waals surface area contributed by atoms with Gasteiger partial charge in [-0.3, -0.25) is 9.59 Å². The van der Waals surface area contributed by atoms with Gasteiger partial charge in [-0.05, 0) is 70.7 Å². The SMILES string of the molecule is CC(C)NC(=O)c1cccc(NC(=O)CNCCC2=CCCCC2)c1. The molecule has 2 rings (SSSR count). The van der Waals surface area contributed by atoms with Crippen LogP contribution < -0.4 is 16.0 Å². The van der Waals surface area contributed by atoms with Crippen LogP contribution in [0.1, 0.15) is 56.3 Å². The van der Waals surface area contributed by atoms with Crippen molar-refractivity contribution >= 4 is 17.5 Å². The Morgan fingerprint density at radius 2 is 2.04 bits per heavy atom. The van der Waals surface area contributed by atoms with Crippen molar-refractivity contribution in [3.63, 3.8) is 0 Å². The van der Waals surface area contributed by atoms with Gasteiger partial charge in [0.2, 0.25) is 5.91 Å². The summed E-state index contributed by atoms with van der Waals surface area (Å²) in [7, 11) is 0. The summed E-state index contributed by atoms with van der Waals surface area (Å²) in [5, 5.41) is 8.86. The van der Waals surface area contributed by atoms with E-state index in [1.807, 2.05) is 13.8 Å². The molecule has 5 nitrogen and oxygen atoms in total. The number of benzene rings is 1. The minimum absolute atomic E-state index is 0.0780. The Kier molecular flexibility index (Phi) is 7.67. The van der Waals surface area contributed by atoms with Crippen molar-refractivity contribution < 1.29 is 9.59 Å². The average Bonchev–Trinajstić information content (AvgIpc) is 2.59. The molecule has 2 amide bonds. The molecule has 0 fully saturated rings. The molecule has 0 saturated carbocycles. The summed E-state index contributed by atoms with van der Waals surface area (Å²) in [6, 6.07) is 7.07. The second-order valence-corrected chi connectivity index (χ2v) is 6.79. The normalized spacial score (nSPS) is 14.1. The van der Waals surface area contributed by atoms with Gasteiger partial charge in [-0.15, -0.1) is 0 Å². The minimum atomic E-state index is -0.134. The van der Waals surface area contributed by atoms with Crippen molar-refractivity contribution in [3.8, 4) is 0 Å². The first-order chi connectivity index (χ1) is 12.0. The van der Waals surface area contributed by atoms with Gasteiger partial charge < -0.3 is 16.0 Å². The predicted octanol–water partition coefficient (Wildman–Crippen LogP) is 3.24. The maximum absolute atomic E-state index is 12.0. The monoisotopic (exact) mass is 343 g/mol. The number of amides is 2. The highest BCUT2D eigenvalue weighted by Crippen LogP contribution is 2.19. The maximum Gasteiger partial charge on any atom is 0.251 e. The van der Waals surface area contributed by atoms with E-state index in [2.05, 4.69) is 22.0 Å². The fraction of sp³-hybridized carbons (Fsp3) is 0.500. The topological polar surface area (TPSA) is 70.2 Å². The molecular formula is C20H29N3O2. The lowest BCUT2D eigenvalue weighted by atomic mass is 9.97. The van der Waals surface area contributed by atoms with Crippen LogP contribution in [-0.2, 0) is 4.79 Å². The number of carbonyl (C=O) groups is 2. The van der Waals surface area contributed by atoms with Gasteiger partial charge in [0.1, 0.15) is 0 Å². The lowest BCUT2D eigenvalue weighted by Crippen LogP contribution is -2.30. The van der Waals surface area contributed by atoms with Gasteiger partial charge >= 0.3 is 0 Å². The summed E-state index contributed by atoms with van der Waals surface area (Å²) < 4.78 is 0. The molecule has 0 saturated heterocycles. The smallest absolute Gasteiger partial charge is 0.251 e. The first kappa shape index (κ1) is 19.2. The number of hydrogen-bond donors (Lipinski definition) is 3. The summed E-state index contributed by atoms with van der Waals surface area (Å²) >= 11 is 0. The first-order valence-electron chi connectivity index (χ1n) is 9.14. The standard InChI is InChI=1S/C20H29N3O2/c1-15(2)22-20(25)17-9-6-10-18(13-17)23-19(24)14-21-12-11-16-7-4-3-5-8-16/h6-7,9-10,13,15,21H,3-5,8,11-12,14H2,1-2H3,(H,22,25)(H,23,24). The van der Waals surface area contributed by atoms with Crippen molar-refractivity contribution in [1.29, 1.82) is 0 Å². The largest absolute Gasteiger partial charge is 0.350 e. The molecule has 0 aliphatic heterocycles. The molecule has 0 radical (unpaired) electrons. The van der Waals surface area contributed by atoms with E-state index in [0.717, 1.165) is 13.0 Å². The van der Waals surface area contributed by atoms with Crippen LogP contribution in [0.5, 0.6) is 0 Å². The Morgan fingerprint density at radius 3 is 2.76 bits per heavy atom. The highest BCUT2D eigenvalue weighted by Gasteiger charge is 2.09. The van der Waals surface area contributed by atoms with Crippen LogP contribution in [0, 0.1) is 0 Å². The molecule has 1 aliphatic carbocycles. The molecule has 1 aromatic carbocycles. The van der Waals surface area contributed by atoms with E-state index in [1.165, 1.54) is 31.3 Å². The molecule has 0 unspecified atom stereocenters. The zero-order valence-corrected chi connectivity index (χ0v) is 15.2. The summed E-state index contributed by atoms with van der Waals surface area (Å²) in [6.07, 6.45) is 8.31. The molecule has 0 atom stereocenters. The van der Waals surface area contributed by atoms with E-state index in [-0.39, 0.29) is 24.4 Å². The van der Waals surface area contributed by atoms with Crippen LogP contribution in [0.15, 0.2) is 35.9 Å². The summed E-state index contributed by atoms with van der Waals surface area (Å²) in [5.74, 6) is -0.232. The zero-order valence-electron chi connectivity index (χ0n) is 15.2. The Hall–Kier alpha value is -2.14. The molecule has 1 aromatic rings. The Labute approximate surface area is 150 Å². The number of nitrogens with one attached hydrogen (secondary N) is 3. The Balaban J connectivity index is 1.74. The van der Waals surface area contributed by atoms with Gasteiger partial charge in [0.25, 0.3) is 5.91 Å². The van der Waals surface area contributed by atoms with Crippen molar-refractivity contribution in [1.82, 2.24) is 10.6 Å². The zero-order chi connectivity index (χ0) is 18.1. The average molecular weight is 343 g/mol. The molecule has 0 bridgehead atoms. The van der Waals surface area contributed by atoms with Crippen molar-refractivity contribution in [2.24, 2.45) is 0 Å². The van der Waals surface area contributed by atoms with Gasteiger partial charge in [0.05, 0.1) is 6.54 Å². The van der Waals surface area contributed by atoms with Crippen LogP contribution in [0.4, 0.5) is 5.69 Å². The van der Waals surface area contributed by atoms with Crippen molar-refractivity contribution in [3.05, 3.63) is 41.5 Å². The third-order valence-corrected chi connectivity index (χ3v) is 4.12. The van der Waals surface area contributed by atoms with Crippen molar-refractivity contribution in [2.45, 2.75) is 52.0 Å². The number of rotatable bonds is 8. The summed E-state index contributed by atoms with van der Waals surface area (Å²) in [6.45, 7) is 4.92.